The summed E-state index contributed by atoms with van der Waals surface area (Å²) in [7, 11) is 0. The summed E-state index contributed by atoms with van der Waals surface area (Å²) in [4.78, 5) is 10.1. The number of nitrogens with zero attached hydrogens (tertiary/aromatic N) is 3. The van der Waals surface area contributed by atoms with Gasteiger partial charge in [-0.3, -0.25) is 4.57 Å². The van der Waals surface area contributed by atoms with Gasteiger partial charge in [-0.1, -0.05) is 102 Å². The SMILES string of the molecule is CC(C)(C)c1cc(Oc2ccc3c4ccccc4n(-c4cc(C(C)(C)c5ccccc5)ccn4)c3c2)cc(C2=N[C@H](C3CCCCC3)CO2)c1. The molecule has 1 saturated carbocycles. The normalized spacial score (nSPS) is 17.2. The Kier molecular flexibility index (Phi) is 8.25. The number of ether oxygens (including phenoxy) is 2. The predicted octanol–water partition coefficient (Wildman–Crippen LogP) is 11.3. The molecule has 2 aliphatic rings. The predicted molar refractivity (Wildman–Crippen MR) is 205 cm³/mol. The smallest absolute Gasteiger partial charge is 0.216 e. The number of hydrogen-bond donors (Lipinski definition) is 0. The van der Waals surface area contributed by atoms with Gasteiger partial charge in [0, 0.05) is 34.0 Å². The summed E-state index contributed by atoms with van der Waals surface area (Å²) < 4.78 is 15.3. The highest BCUT2D eigenvalue weighted by molar-refractivity contribution is 6.09. The summed E-state index contributed by atoms with van der Waals surface area (Å²) in [5, 5.41) is 2.35. The molecule has 50 heavy (non-hydrogen) atoms. The minimum atomic E-state index is -0.189. The van der Waals surface area contributed by atoms with Crippen LogP contribution < -0.4 is 4.74 Å². The van der Waals surface area contributed by atoms with Crippen molar-refractivity contribution in [3.63, 3.8) is 0 Å². The van der Waals surface area contributed by atoms with E-state index >= 15 is 0 Å². The molecule has 0 N–H and O–H groups in total. The van der Waals surface area contributed by atoms with Gasteiger partial charge in [0.15, 0.2) is 0 Å². The van der Waals surface area contributed by atoms with E-state index in [-0.39, 0.29) is 16.9 Å². The first-order valence-electron chi connectivity index (χ1n) is 18.3. The molecule has 1 aliphatic carbocycles. The largest absolute Gasteiger partial charge is 0.475 e. The van der Waals surface area contributed by atoms with Gasteiger partial charge in [0.25, 0.3) is 0 Å². The number of aromatic nitrogens is 2. The van der Waals surface area contributed by atoms with E-state index in [1.54, 1.807) is 0 Å². The number of hydrogen-bond acceptors (Lipinski definition) is 4. The van der Waals surface area contributed by atoms with Crippen molar-refractivity contribution in [3.05, 3.63) is 132 Å². The summed E-state index contributed by atoms with van der Waals surface area (Å²) in [5.74, 6) is 3.81. The minimum absolute atomic E-state index is 0.0728. The lowest BCUT2D eigenvalue weighted by Gasteiger charge is -2.26. The van der Waals surface area contributed by atoms with E-state index in [0.29, 0.717) is 12.5 Å². The zero-order chi connectivity index (χ0) is 34.5. The third-order valence-corrected chi connectivity index (χ3v) is 11.0. The number of fused-ring (bicyclic) bond motifs is 3. The molecule has 254 valence electrons. The minimum Gasteiger partial charge on any atom is -0.475 e. The van der Waals surface area contributed by atoms with Gasteiger partial charge in [-0.05, 0) is 89.4 Å². The Morgan fingerprint density at radius 2 is 1.44 bits per heavy atom. The number of rotatable bonds is 7. The molecule has 0 bridgehead atoms. The lowest BCUT2D eigenvalue weighted by molar-refractivity contribution is 0.240. The van der Waals surface area contributed by atoms with Crippen molar-refractivity contribution < 1.29 is 9.47 Å². The lowest BCUT2D eigenvalue weighted by atomic mass is 9.78. The molecule has 1 aliphatic heterocycles. The van der Waals surface area contributed by atoms with Crippen molar-refractivity contribution >= 4 is 27.7 Å². The second kappa shape index (κ2) is 12.8. The third-order valence-electron chi connectivity index (χ3n) is 11.0. The zero-order valence-corrected chi connectivity index (χ0v) is 29.9. The van der Waals surface area contributed by atoms with Gasteiger partial charge < -0.3 is 9.47 Å². The molecule has 5 heteroatoms. The van der Waals surface area contributed by atoms with Gasteiger partial charge in [-0.2, -0.15) is 0 Å². The fourth-order valence-corrected chi connectivity index (χ4v) is 7.87. The summed E-state index contributed by atoms with van der Waals surface area (Å²) in [5.41, 5.74) is 6.56. The summed E-state index contributed by atoms with van der Waals surface area (Å²) >= 11 is 0. The molecule has 0 amide bonds. The fourth-order valence-electron chi connectivity index (χ4n) is 7.87. The molecule has 0 radical (unpaired) electrons. The van der Waals surface area contributed by atoms with Gasteiger partial charge in [0.05, 0.1) is 17.1 Å². The lowest BCUT2D eigenvalue weighted by Crippen LogP contribution is -2.22. The maximum Gasteiger partial charge on any atom is 0.216 e. The van der Waals surface area contributed by atoms with Crippen LogP contribution in [0.1, 0.15) is 89.0 Å². The highest BCUT2D eigenvalue weighted by atomic mass is 16.5. The Morgan fingerprint density at radius 1 is 0.680 bits per heavy atom. The molecule has 3 heterocycles. The van der Waals surface area contributed by atoms with Gasteiger partial charge in [0.1, 0.15) is 23.9 Å². The first-order chi connectivity index (χ1) is 24.1. The summed E-state index contributed by atoms with van der Waals surface area (Å²) in [6.07, 6.45) is 8.40. The molecular weight excluding hydrogens is 615 g/mol. The van der Waals surface area contributed by atoms with Crippen LogP contribution in [-0.4, -0.2) is 28.1 Å². The highest BCUT2D eigenvalue weighted by Gasteiger charge is 2.30. The first-order valence-corrected chi connectivity index (χ1v) is 18.3. The van der Waals surface area contributed by atoms with E-state index in [4.69, 9.17) is 19.5 Å². The Bertz CT molecular complexity index is 2200. The Morgan fingerprint density at radius 3 is 2.24 bits per heavy atom. The molecular formula is C45H47N3O2. The van der Waals surface area contributed by atoms with Crippen LogP contribution in [0.4, 0.5) is 0 Å². The Labute approximate surface area is 296 Å². The average Bonchev–Trinajstić information content (AvgIpc) is 3.76. The van der Waals surface area contributed by atoms with E-state index in [2.05, 4.69) is 142 Å². The molecule has 4 aromatic carbocycles. The summed E-state index contributed by atoms with van der Waals surface area (Å²) in [6, 6.07) is 36.7. The van der Waals surface area contributed by atoms with Crippen molar-refractivity contribution in [3.8, 4) is 17.3 Å². The second-order valence-corrected chi connectivity index (χ2v) is 15.7. The van der Waals surface area contributed by atoms with Crippen LogP contribution in [0, 0.1) is 5.92 Å². The number of aliphatic imine (C=N–C) groups is 1. The fraction of sp³-hybridized carbons (Fsp3) is 0.333. The van der Waals surface area contributed by atoms with Crippen LogP contribution in [0.3, 0.4) is 0 Å². The standard InChI is InChI=1S/C45H47N3O2/c1-44(2,3)34-24-31(43-47-39(29-49-43)30-14-8-6-9-15-30)25-36(26-34)50-35-20-21-38-37-18-12-13-19-40(37)48(41(38)28-35)42-27-33(22-23-46-42)45(4,5)32-16-10-7-11-17-32/h7,10-13,16-28,30,39H,6,8-9,14-15,29H2,1-5H3/t39-/m0/s1. The Hall–Kier alpha value is -4.90. The van der Waals surface area contributed by atoms with Crippen LogP contribution in [0.5, 0.6) is 11.5 Å². The molecule has 0 spiro atoms. The molecule has 1 atom stereocenters. The first kappa shape index (κ1) is 32.3. The molecule has 0 unspecified atom stereocenters. The van der Waals surface area contributed by atoms with Crippen molar-refractivity contribution in [2.45, 2.75) is 83.6 Å². The molecule has 1 fully saturated rings. The van der Waals surface area contributed by atoms with Gasteiger partial charge in [-0.15, -0.1) is 0 Å². The van der Waals surface area contributed by atoms with Crippen LogP contribution in [-0.2, 0) is 15.6 Å². The van der Waals surface area contributed by atoms with E-state index < -0.39 is 0 Å². The molecule has 2 aromatic heterocycles. The average molecular weight is 662 g/mol. The van der Waals surface area contributed by atoms with Crippen molar-refractivity contribution in [1.29, 1.82) is 0 Å². The molecule has 0 saturated heterocycles. The van der Waals surface area contributed by atoms with Crippen LogP contribution in [0.2, 0.25) is 0 Å². The molecule has 8 rings (SSSR count). The number of pyridine rings is 1. The van der Waals surface area contributed by atoms with E-state index in [1.165, 1.54) is 54.2 Å². The monoisotopic (exact) mass is 661 g/mol. The maximum atomic E-state index is 6.74. The third kappa shape index (κ3) is 6.08. The molecule has 5 nitrogen and oxygen atoms in total. The van der Waals surface area contributed by atoms with Crippen molar-refractivity contribution in [2.75, 3.05) is 6.61 Å². The van der Waals surface area contributed by atoms with Crippen molar-refractivity contribution in [2.24, 2.45) is 10.9 Å². The molecule has 6 aromatic rings. The van der Waals surface area contributed by atoms with E-state index in [9.17, 15) is 0 Å². The number of benzene rings is 4. The van der Waals surface area contributed by atoms with Crippen LogP contribution in [0.15, 0.2) is 114 Å². The zero-order valence-electron chi connectivity index (χ0n) is 29.9. The van der Waals surface area contributed by atoms with Crippen LogP contribution >= 0.6 is 0 Å². The van der Waals surface area contributed by atoms with Gasteiger partial charge in [0.2, 0.25) is 5.90 Å². The van der Waals surface area contributed by atoms with Crippen LogP contribution in [0.25, 0.3) is 27.6 Å². The Balaban J connectivity index is 1.19. The van der Waals surface area contributed by atoms with Crippen molar-refractivity contribution in [1.82, 2.24) is 9.55 Å². The van der Waals surface area contributed by atoms with E-state index in [0.717, 1.165) is 45.2 Å². The maximum absolute atomic E-state index is 6.74. The van der Waals surface area contributed by atoms with E-state index in [1.807, 2.05) is 6.20 Å². The number of para-hydroxylation sites is 1. The second-order valence-electron chi connectivity index (χ2n) is 15.7. The summed E-state index contributed by atoms with van der Waals surface area (Å²) in [6.45, 7) is 11.9. The quantitative estimate of drug-likeness (QED) is 0.171. The topological polar surface area (TPSA) is 48.6 Å². The highest BCUT2D eigenvalue weighted by Crippen LogP contribution is 2.39. The van der Waals surface area contributed by atoms with Gasteiger partial charge >= 0.3 is 0 Å². The van der Waals surface area contributed by atoms with Gasteiger partial charge in [-0.25, -0.2) is 9.98 Å².